The molecule has 1 saturated heterocycles. The van der Waals surface area contributed by atoms with Gasteiger partial charge in [0.05, 0.1) is 5.69 Å². The van der Waals surface area contributed by atoms with Gasteiger partial charge in [-0.3, -0.25) is 4.79 Å². The predicted octanol–water partition coefficient (Wildman–Crippen LogP) is 3.44. The van der Waals surface area contributed by atoms with Gasteiger partial charge in [-0.25, -0.2) is 18.7 Å². The van der Waals surface area contributed by atoms with Crippen LogP contribution in [0.2, 0.25) is 0 Å². The van der Waals surface area contributed by atoms with E-state index in [1.807, 2.05) is 30.3 Å². The number of nitrogens with zero attached hydrogens (tertiary/aromatic N) is 4. The Labute approximate surface area is 166 Å². The molecule has 0 radical (unpaired) electrons. The van der Waals surface area contributed by atoms with Gasteiger partial charge >= 0.3 is 0 Å². The minimum atomic E-state index is -0.703. The fourth-order valence-corrected chi connectivity index (χ4v) is 3.16. The fraction of sp³-hybridized carbons (Fsp3) is 0.190. The maximum Gasteiger partial charge on any atom is 0.209 e. The molecule has 0 aliphatic carbocycles. The van der Waals surface area contributed by atoms with Crippen molar-refractivity contribution in [2.24, 2.45) is 0 Å². The average molecular weight is 395 g/mol. The zero-order valence-corrected chi connectivity index (χ0v) is 15.6. The summed E-state index contributed by atoms with van der Waals surface area (Å²) >= 11 is 0. The summed E-state index contributed by atoms with van der Waals surface area (Å²) in [6, 6.07) is 14.5. The van der Waals surface area contributed by atoms with Crippen molar-refractivity contribution in [3.05, 3.63) is 66.2 Å². The molecule has 1 fully saturated rings. The molecule has 2 aromatic carbocycles. The van der Waals surface area contributed by atoms with E-state index in [9.17, 15) is 13.6 Å². The van der Waals surface area contributed by atoms with E-state index in [1.54, 1.807) is 11.0 Å². The zero-order chi connectivity index (χ0) is 20.2. The van der Waals surface area contributed by atoms with Crippen LogP contribution in [0.5, 0.6) is 0 Å². The molecule has 29 heavy (non-hydrogen) atoms. The van der Waals surface area contributed by atoms with Crippen molar-refractivity contribution >= 4 is 23.7 Å². The Morgan fingerprint density at radius 1 is 0.931 bits per heavy atom. The number of carbonyl (C=O) groups is 1. The van der Waals surface area contributed by atoms with Crippen LogP contribution in [0.4, 0.5) is 26.1 Å². The summed E-state index contributed by atoms with van der Waals surface area (Å²) in [5.74, 6) is 0.220. The molecule has 1 aliphatic heterocycles. The lowest BCUT2D eigenvalue weighted by molar-refractivity contribution is -0.118. The van der Waals surface area contributed by atoms with Gasteiger partial charge in [0.1, 0.15) is 23.3 Å². The molecule has 1 aromatic heterocycles. The number of hydrogen-bond acceptors (Lipinski definition) is 5. The SMILES string of the molecule is O=CN1CCN(c2cc(Nc3ccc(F)cc3F)nc(-c3ccccc3)n2)CC1. The number of hydrogen-bond donors (Lipinski definition) is 1. The maximum absolute atomic E-state index is 14.1. The molecule has 0 saturated carbocycles. The van der Waals surface area contributed by atoms with Crippen molar-refractivity contribution in [1.29, 1.82) is 0 Å². The quantitative estimate of drug-likeness (QED) is 0.671. The Morgan fingerprint density at radius 2 is 1.69 bits per heavy atom. The second-order valence-corrected chi connectivity index (χ2v) is 6.68. The van der Waals surface area contributed by atoms with Crippen molar-refractivity contribution in [3.8, 4) is 11.4 Å². The number of piperazine rings is 1. The van der Waals surface area contributed by atoms with Crippen LogP contribution in [0.15, 0.2) is 54.6 Å². The molecular weight excluding hydrogens is 376 g/mol. The molecule has 1 N–H and O–H groups in total. The largest absolute Gasteiger partial charge is 0.353 e. The second-order valence-electron chi connectivity index (χ2n) is 6.68. The minimum absolute atomic E-state index is 0.126. The zero-order valence-electron chi connectivity index (χ0n) is 15.6. The number of rotatable bonds is 5. The number of carbonyl (C=O) groups excluding carboxylic acids is 1. The molecular formula is C21H19F2N5O. The molecule has 0 atom stereocenters. The first-order valence-electron chi connectivity index (χ1n) is 9.23. The monoisotopic (exact) mass is 395 g/mol. The number of benzene rings is 2. The van der Waals surface area contributed by atoms with Gasteiger partial charge in [-0.15, -0.1) is 0 Å². The van der Waals surface area contributed by atoms with Crippen molar-refractivity contribution < 1.29 is 13.6 Å². The predicted molar refractivity (Wildman–Crippen MR) is 107 cm³/mol. The lowest BCUT2D eigenvalue weighted by atomic mass is 10.2. The van der Waals surface area contributed by atoms with Crippen molar-refractivity contribution in [2.45, 2.75) is 0 Å². The summed E-state index contributed by atoms with van der Waals surface area (Å²) in [5.41, 5.74) is 0.948. The lowest BCUT2D eigenvalue weighted by Gasteiger charge is -2.33. The molecule has 148 valence electrons. The van der Waals surface area contributed by atoms with E-state index in [0.29, 0.717) is 43.6 Å². The first-order chi connectivity index (χ1) is 14.1. The van der Waals surface area contributed by atoms with E-state index in [4.69, 9.17) is 0 Å². The molecule has 3 aromatic rings. The number of aromatic nitrogens is 2. The second kappa shape index (κ2) is 8.22. The highest BCUT2D eigenvalue weighted by Gasteiger charge is 2.19. The molecule has 4 rings (SSSR count). The standard InChI is InChI=1S/C21H19F2N5O/c22-16-6-7-18(17(23)12-16)24-19-13-20(28-10-8-27(14-29)9-11-28)26-21(25-19)15-4-2-1-3-5-15/h1-7,12-14H,8-11H2,(H,24,25,26). The number of amides is 1. The van der Waals surface area contributed by atoms with E-state index in [-0.39, 0.29) is 5.69 Å². The molecule has 2 heterocycles. The maximum atomic E-state index is 14.1. The number of nitrogens with one attached hydrogen (secondary N) is 1. The van der Waals surface area contributed by atoms with Crippen LogP contribution in [0, 0.1) is 11.6 Å². The van der Waals surface area contributed by atoms with Crippen LogP contribution in [0.1, 0.15) is 0 Å². The summed E-state index contributed by atoms with van der Waals surface area (Å²) in [6.45, 7) is 2.47. The number of anilines is 3. The summed E-state index contributed by atoms with van der Waals surface area (Å²) in [6.07, 6.45) is 0.844. The Bertz CT molecular complexity index is 1010. The normalized spacial score (nSPS) is 14.0. The van der Waals surface area contributed by atoms with Crippen LogP contribution >= 0.6 is 0 Å². The molecule has 1 amide bonds. The molecule has 0 spiro atoms. The summed E-state index contributed by atoms with van der Waals surface area (Å²) < 4.78 is 27.3. The van der Waals surface area contributed by atoms with Gasteiger partial charge in [0.15, 0.2) is 5.82 Å². The highest BCUT2D eigenvalue weighted by Crippen LogP contribution is 2.26. The third kappa shape index (κ3) is 4.31. The Balaban J connectivity index is 1.69. The third-order valence-electron chi connectivity index (χ3n) is 4.73. The third-order valence-corrected chi connectivity index (χ3v) is 4.73. The lowest BCUT2D eigenvalue weighted by Crippen LogP contribution is -2.46. The molecule has 0 unspecified atom stereocenters. The summed E-state index contributed by atoms with van der Waals surface area (Å²) in [7, 11) is 0. The molecule has 0 bridgehead atoms. The van der Waals surface area contributed by atoms with E-state index in [0.717, 1.165) is 18.0 Å². The Hall–Kier alpha value is -3.55. The molecule has 1 aliphatic rings. The number of halogens is 2. The minimum Gasteiger partial charge on any atom is -0.353 e. The van der Waals surface area contributed by atoms with Gasteiger partial charge in [0.2, 0.25) is 6.41 Å². The van der Waals surface area contributed by atoms with Crippen LogP contribution in [0.25, 0.3) is 11.4 Å². The molecule has 8 heteroatoms. The average Bonchev–Trinajstić information content (AvgIpc) is 2.76. The highest BCUT2D eigenvalue weighted by atomic mass is 19.1. The highest BCUT2D eigenvalue weighted by molar-refractivity contribution is 5.66. The Morgan fingerprint density at radius 3 is 2.38 bits per heavy atom. The smallest absolute Gasteiger partial charge is 0.209 e. The summed E-state index contributed by atoms with van der Waals surface area (Å²) in [4.78, 5) is 23.9. The first kappa shape index (κ1) is 18.8. The van der Waals surface area contributed by atoms with E-state index < -0.39 is 11.6 Å². The van der Waals surface area contributed by atoms with Gasteiger partial charge in [-0.2, -0.15) is 0 Å². The van der Waals surface area contributed by atoms with Crippen LogP contribution in [-0.4, -0.2) is 47.5 Å². The molecule has 6 nitrogen and oxygen atoms in total. The first-order valence-corrected chi connectivity index (χ1v) is 9.23. The van der Waals surface area contributed by atoms with Gasteiger partial charge in [-0.1, -0.05) is 30.3 Å². The van der Waals surface area contributed by atoms with Gasteiger partial charge in [0.25, 0.3) is 0 Å². The van der Waals surface area contributed by atoms with Gasteiger partial charge in [-0.05, 0) is 12.1 Å². The van der Waals surface area contributed by atoms with Crippen LogP contribution in [-0.2, 0) is 4.79 Å². The van der Waals surface area contributed by atoms with Crippen LogP contribution in [0.3, 0.4) is 0 Å². The van der Waals surface area contributed by atoms with Crippen molar-refractivity contribution in [2.75, 3.05) is 36.4 Å². The van der Waals surface area contributed by atoms with Crippen LogP contribution < -0.4 is 10.2 Å². The fourth-order valence-electron chi connectivity index (χ4n) is 3.16. The Kier molecular flexibility index (Phi) is 5.33. The van der Waals surface area contributed by atoms with Crippen molar-refractivity contribution in [3.63, 3.8) is 0 Å². The van der Waals surface area contributed by atoms with Gasteiger partial charge in [0, 0.05) is 43.9 Å². The summed E-state index contributed by atoms with van der Waals surface area (Å²) in [5, 5.41) is 2.92. The van der Waals surface area contributed by atoms with E-state index in [2.05, 4.69) is 20.2 Å². The van der Waals surface area contributed by atoms with E-state index >= 15 is 0 Å². The topological polar surface area (TPSA) is 61.4 Å². The van der Waals surface area contributed by atoms with E-state index in [1.165, 1.54) is 12.1 Å². The van der Waals surface area contributed by atoms with Gasteiger partial charge < -0.3 is 15.1 Å². The van der Waals surface area contributed by atoms with Crippen molar-refractivity contribution in [1.82, 2.24) is 14.9 Å².